The minimum Gasteiger partial charge on any atom is -0.452 e. The summed E-state index contributed by atoms with van der Waals surface area (Å²) >= 11 is 11.8. The third-order valence-electron chi connectivity index (χ3n) is 3.47. The second-order valence-corrected chi connectivity index (χ2v) is 8.05. The third-order valence-corrected chi connectivity index (χ3v) is 5.47. The van der Waals surface area contributed by atoms with Gasteiger partial charge in [-0.3, -0.25) is 4.79 Å². The van der Waals surface area contributed by atoms with E-state index in [4.69, 9.17) is 27.9 Å². The summed E-state index contributed by atoms with van der Waals surface area (Å²) in [6, 6.07) is 10.2. The molecule has 0 saturated carbocycles. The molecule has 0 bridgehead atoms. The first-order valence-corrected chi connectivity index (χ1v) is 9.88. The predicted octanol–water partition coefficient (Wildman–Crippen LogP) is 2.37. The van der Waals surface area contributed by atoms with Gasteiger partial charge in [-0.15, -0.1) is 0 Å². The van der Waals surface area contributed by atoms with E-state index in [0.29, 0.717) is 15.6 Å². The Labute approximate surface area is 166 Å². The maximum absolute atomic E-state index is 12.0. The van der Waals surface area contributed by atoms with Gasteiger partial charge in [-0.2, -0.15) is 0 Å². The number of sulfonamides is 1. The maximum Gasteiger partial charge on any atom is 0.338 e. The van der Waals surface area contributed by atoms with E-state index < -0.39 is 28.5 Å². The lowest BCUT2D eigenvalue weighted by Crippen LogP contribution is -2.28. The fourth-order valence-electron chi connectivity index (χ4n) is 2.03. The molecule has 0 atom stereocenters. The number of benzene rings is 2. The number of ether oxygens (including phenoxy) is 1. The van der Waals surface area contributed by atoms with Crippen LogP contribution in [-0.2, 0) is 26.1 Å². The molecule has 2 rings (SSSR count). The Hall–Kier alpha value is -2.13. The Kier molecular flexibility index (Phi) is 7.20. The summed E-state index contributed by atoms with van der Waals surface area (Å²) in [6.45, 7) is -0.380. The van der Waals surface area contributed by atoms with E-state index in [1.807, 2.05) is 0 Å². The molecule has 0 unspecified atom stereocenters. The highest BCUT2D eigenvalue weighted by molar-refractivity contribution is 7.89. The van der Waals surface area contributed by atoms with Crippen LogP contribution in [0.2, 0.25) is 10.0 Å². The SMILES string of the molecule is CNS(=O)(=O)c1cccc(C(=O)OCC(=O)NCc2ccc(Cl)cc2Cl)c1. The van der Waals surface area contributed by atoms with Crippen LogP contribution in [-0.4, -0.2) is 33.9 Å². The summed E-state index contributed by atoms with van der Waals surface area (Å²) in [7, 11) is -2.43. The molecule has 144 valence electrons. The zero-order valence-electron chi connectivity index (χ0n) is 14.2. The van der Waals surface area contributed by atoms with Gasteiger partial charge in [0.1, 0.15) is 0 Å². The second kappa shape index (κ2) is 9.18. The number of amides is 1. The molecule has 0 spiro atoms. The summed E-state index contributed by atoms with van der Waals surface area (Å²) in [4.78, 5) is 23.8. The summed E-state index contributed by atoms with van der Waals surface area (Å²) in [5.41, 5.74) is 0.672. The standard InChI is InChI=1S/C17H16Cl2N2O5S/c1-20-27(24,25)14-4-2-3-11(7-14)17(23)26-10-16(22)21-9-12-5-6-13(18)8-15(12)19/h2-8,20H,9-10H2,1H3,(H,21,22). The monoisotopic (exact) mass is 430 g/mol. The average molecular weight is 431 g/mol. The van der Waals surface area contributed by atoms with Gasteiger partial charge in [-0.25, -0.2) is 17.9 Å². The molecule has 27 heavy (non-hydrogen) atoms. The van der Waals surface area contributed by atoms with Crippen LogP contribution in [0.1, 0.15) is 15.9 Å². The summed E-state index contributed by atoms with van der Waals surface area (Å²) < 4.78 is 30.6. The number of hydrogen-bond donors (Lipinski definition) is 2. The molecule has 0 radical (unpaired) electrons. The van der Waals surface area contributed by atoms with Gasteiger partial charge in [-0.05, 0) is 42.9 Å². The van der Waals surface area contributed by atoms with Crippen LogP contribution in [0.4, 0.5) is 0 Å². The molecule has 7 nitrogen and oxygen atoms in total. The fraction of sp³-hybridized carbons (Fsp3) is 0.176. The van der Waals surface area contributed by atoms with Crippen molar-refractivity contribution < 1.29 is 22.7 Å². The Morgan fingerprint density at radius 1 is 1.11 bits per heavy atom. The van der Waals surface area contributed by atoms with Gasteiger partial charge in [0.05, 0.1) is 10.5 Å². The number of nitrogens with one attached hydrogen (secondary N) is 2. The molecule has 2 aromatic rings. The van der Waals surface area contributed by atoms with Crippen molar-refractivity contribution in [3.63, 3.8) is 0 Å². The highest BCUT2D eigenvalue weighted by atomic mass is 35.5. The van der Waals surface area contributed by atoms with E-state index in [0.717, 1.165) is 0 Å². The van der Waals surface area contributed by atoms with Crippen molar-refractivity contribution in [2.45, 2.75) is 11.4 Å². The van der Waals surface area contributed by atoms with Gasteiger partial charge in [-0.1, -0.05) is 35.3 Å². The maximum atomic E-state index is 12.0. The van der Waals surface area contributed by atoms with Gasteiger partial charge >= 0.3 is 5.97 Å². The minimum absolute atomic E-state index is 0.0138. The number of carbonyl (C=O) groups is 2. The second-order valence-electron chi connectivity index (χ2n) is 5.32. The molecular formula is C17H16Cl2N2O5S. The molecule has 0 aromatic heterocycles. The summed E-state index contributed by atoms with van der Waals surface area (Å²) in [5.74, 6) is -1.35. The third kappa shape index (κ3) is 5.93. The number of carbonyl (C=O) groups excluding carboxylic acids is 2. The lowest BCUT2D eigenvalue weighted by atomic mass is 10.2. The lowest BCUT2D eigenvalue weighted by Gasteiger charge is -2.09. The quantitative estimate of drug-likeness (QED) is 0.656. The zero-order valence-corrected chi connectivity index (χ0v) is 16.5. The van der Waals surface area contributed by atoms with E-state index in [1.165, 1.54) is 31.3 Å². The van der Waals surface area contributed by atoms with Crippen LogP contribution < -0.4 is 10.0 Å². The topological polar surface area (TPSA) is 102 Å². The molecule has 0 aliphatic rings. The fourth-order valence-corrected chi connectivity index (χ4v) is 3.28. The normalized spacial score (nSPS) is 11.1. The van der Waals surface area contributed by atoms with Crippen molar-refractivity contribution in [1.29, 1.82) is 0 Å². The van der Waals surface area contributed by atoms with E-state index in [-0.39, 0.29) is 17.0 Å². The Morgan fingerprint density at radius 3 is 2.52 bits per heavy atom. The van der Waals surface area contributed by atoms with Crippen molar-refractivity contribution in [3.8, 4) is 0 Å². The van der Waals surface area contributed by atoms with Crippen LogP contribution in [0.3, 0.4) is 0 Å². The van der Waals surface area contributed by atoms with Crippen molar-refractivity contribution >= 4 is 45.1 Å². The highest BCUT2D eigenvalue weighted by Gasteiger charge is 2.16. The number of halogens is 2. The molecule has 0 aliphatic heterocycles. The van der Waals surface area contributed by atoms with Crippen molar-refractivity contribution in [1.82, 2.24) is 10.0 Å². The van der Waals surface area contributed by atoms with E-state index >= 15 is 0 Å². The first-order valence-electron chi connectivity index (χ1n) is 7.64. The number of esters is 1. The van der Waals surface area contributed by atoms with E-state index in [2.05, 4.69) is 10.0 Å². The molecule has 0 aliphatic carbocycles. The molecule has 2 aromatic carbocycles. The first kappa shape index (κ1) is 21.2. The van der Waals surface area contributed by atoms with Crippen molar-refractivity contribution in [2.75, 3.05) is 13.7 Å². The molecule has 0 saturated heterocycles. The number of hydrogen-bond acceptors (Lipinski definition) is 5. The Bertz CT molecular complexity index is 964. The molecule has 2 N–H and O–H groups in total. The zero-order chi connectivity index (χ0) is 20.0. The van der Waals surface area contributed by atoms with Crippen LogP contribution in [0.5, 0.6) is 0 Å². The molecular weight excluding hydrogens is 415 g/mol. The van der Waals surface area contributed by atoms with Gasteiger partial charge in [0.25, 0.3) is 5.91 Å². The van der Waals surface area contributed by atoms with E-state index in [9.17, 15) is 18.0 Å². The minimum atomic E-state index is -3.69. The molecule has 0 fully saturated rings. The molecule has 0 heterocycles. The number of rotatable bonds is 7. The predicted molar refractivity (Wildman–Crippen MR) is 101 cm³/mol. The van der Waals surface area contributed by atoms with Crippen molar-refractivity contribution in [3.05, 3.63) is 63.6 Å². The highest BCUT2D eigenvalue weighted by Crippen LogP contribution is 2.20. The van der Waals surface area contributed by atoms with Gasteiger partial charge in [0.15, 0.2) is 6.61 Å². The smallest absolute Gasteiger partial charge is 0.338 e. The summed E-state index contributed by atoms with van der Waals surface area (Å²) in [6.07, 6.45) is 0. The largest absolute Gasteiger partial charge is 0.452 e. The van der Waals surface area contributed by atoms with Crippen LogP contribution >= 0.6 is 23.2 Å². The van der Waals surface area contributed by atoms with Gasteiger partial charge in [0, 0.05) is 16.6 Å². The Morgan fingerprint density at radius 2 is 1.85 bits per heavy atom. The lowest BCUT2D eigenvalue weighted by molar-refractivity contribution is -0.124. The van der Waals surface area contributed by atoms with Crippen LogP contribution in [0.15, 0.2) is 47.4 Å². The van der Waals surface area contributed by atoms with Gasteiger partial charge < -0.3 is 10.1 Å². The summed E-state index contributed by atoms with van der Waals surface area (Å²) in [5, 5.41) is 3.44. The van der Waals surface area contributed by atoms with Gasteiger partial charge in [0.2, 0.25) is 10.0 Å². The van der Waals surface area contributed by atoms with E-state index in [1.54, 1.807) is 18.2 Å². The van der Waals surface area contributed by atoms with Crippen LogP contribution in [0, 0.1) is 0 Å². The van der Waals surface area contributed by atoms with Crippen LogP contribution in [0.25, 0.3) is 0 Å². The molecule has 10 heteroatoms. The molecule has 1 amide bonds. The first-order chi connectivity index (χ1) is 12.7. The Balaban J connectivity index is 1.91. The van der Waals surface area contributed by atoms with Crippen molar-refractivity contribution in [2.24, 2.45) is 0 Å². The average Bonchev–Trinajstić information content (AvgIpc) is 2.65.